The second-order valence-corrected chi connectivity index (χ2v) is 8.43. The zero-order valence-electron chi connectivity index (χ0n) is 17.3. The maximum Gasteiger partial charge on any atom is 0.337 e. The lowest BCUT2D eigenvalue weighted by Gasteiger charge is -2.48. The van der Waals surface area contributed by atoms with E-state index in [9.17, 15) is 14.0 Å². The van der Waals surface area contributed by atoms with E-state index >= 15 is 0 Å². The van der Waals surface area contributed by atoms with Crippen molar-refractivity contribution in [3.63, 3.8) is 0 Å². The number of nitrogens with one attached hydrogen (secondary N) is 1. The van der Waals surface area contributed by atoms with Gasteiger partial charge in [0, 0.05) is 31.7 Å². The molecule has 3 aromatic rings. The minimum absolute atomic E-state index is 0.0401. The highest BCUT2D eigenvalue weighted by Crippen LogP contribution is 2.29. The molecule has 8 heteroatoms. The molecule has 31 heavy (non-hydrogen) atoms. The van der Waals surface area contributed by atoms with Gasteiger partial charge in [0.1, 0.15) is 5.82 Å². The second-order valence-electron chi connectivity index (χ2n) is 8.43. The zero-order chi connectivity index (χ0) is 21.5. The third kappa shape index (κ3) is 3.66. The van der Waals surface area contributed by atoms with E-state index in [1.54, 1.807) is 13.1 Å². The maximum atomic E-state index is 13.2. The molecule has 0 saturated carbocycles. The smallest absolute Gasteiger partial charge is 0.337 e. The molecule has 162 valence electrons. The number of aromatic nitrogens is 2. The highest BCUT2D eigenvalue weighted by molar-refractivity contribution is 5.89. The van der Waals surface area contributed by atoms with Crippen LogP contribution >= 0.6 is 0 Å². The molecule has 1 unspecified atom stereocenters. The van der Waals surface area contributed by atoms with E-state index < -0.39 is 6.03 Å². The number of ether oxygens (including phenoxy) is 1. The lowest BCUT2D eigenvalue weighted by molar-refractivity contribution is -0.0840. The molecule has 1 N–H and O–H groups in total. The Bertz CT molecular complexity index is 1160. The predicted octanol–water partition coefficient (Wildman–Crippen LogP) is 2.47. The summed E-state index contributed by atoms with van der Waals surface area (Å²) < 4.78 is 21.7. The molecule has 3 atom stereocenters. The van der Waals surface area contributed by atoms with Crippen LogP contribution in [0.15, 0.2) is 53.3 Å². The van der Waals surface area contributed by atoms with Gasteiger partial charge in [-0.05, 0) is 42.7 Å². The van der Waals surface area contributed by atoms with Crippen molar-refractivity contribution < 1.29 is 13.9 Å². The van der Waals surface area contributed by atoms with E-state index in [4.69, 9.17) is 4.74 Å². The summed E-state index contributed by atoms with van der Waals surface area (Å²) >= 11 is 0. The molecule has 2 fully saturated rings. The fourth-order valence-corrected chi connectivity index (χ4v) is 4.89. The van der Waals surface area contributed by atoms with E-state index in [1.165, 1.54) is 21.3 Å². The SMILES string of the molecule is Cn1c(=O)n(C(=O)NC2C[C@H]3COC[C@@H](C2)N3Cc2ccc(F)cc2)c2ccccc21. The normalized spacial score (nSPS) is 23.7. The lowest BCUT2D eigenvalue weighted by atomic mass is 9.89. The minimum Gasteiger partial charge on any atom is -0.378 e. The first-order valence-corrected chi connectivity index (χ1v) is 10.6. The van der Waals surface area contributed by atoms with Gasteiger partial charge >= 0.3 is 11.7 Å². The van der Waals surface area contributed by atoms with Crippen LogP contribution in [0.3, 0.4) is 0 Å². The Morgan fingerprint density at radius 3 is 2.39 bits per heavy atom. The van der Waals surface area contributed by atoms with Gasteiger partial charge in [0.2, 0.25) is 0 Å². The predicted molar refractivity (Wildman–Crippen MR) is 114 cm³/mol. The van der Waals surface area contributed by atoms with Gasteiger partial charge in [-0.1, -0.05) is 24.3 Å². The number of halogens is 1. The summed E-state index contributed by atoms with van der Waals surface area (Å²) in [5, 5.41) is 3.08. The molecule has 2 aliphatic rings. The average molecular weight is 424 g/mol. The Hall–Kier alpha value is -2.97. The highest BCUT2D eigenvalue weighted by Gasteiger charge is 2.39. The van der Waals surface area contributed by atoms with Crippen LogP contribution < -0.4 is 11.0 Å². The fourth-order valence-electron chi connectivity index (χ4n) is 4.89. The third-order valence-electron chi connectivity index (χ3n) is 6.44. The van der Waals surface area contributed by atoms with E-state index in [2.05, 4.69) is 10.2 Å². The Kier molecular flexibility index (Phi) is 5.11. The summed E-state index contributed by atoms with van der Waals surface area (Å²) in [4.78, 5) is 28.1. The second kappa shape index (κ2) is 7.94. The van der Waals surface area contributed by atoms with Gasteiger partial charge in [0.15, 0.2) is 0 Å². The number of para-hydroxylation sites is 2. The quantitative estimate of drug-likeness (QED) is 0.702. The van der Waals surface area contributed by atoms with Crippen LogP contribution in [0, 0.1) is 5.82 Å². The number of rotatable bonds is 3. The van der Waals surface area contributed by atoms with Crippen molar-refractivity contribution in [2.24, 2.45) is 7.05 Å². The first-order chi connectivity index (χ1) is 15.0. The number of aryl methyl sites for hydroxylation is 1. The van der Waals surface area contributed by atoms with Crippen molar-refractivity contribution in [2.75, 3.05) is 13.2 Å². The van der Waals surface area contributed by atoms with E-state index in [0.29, 0.717) is 18.7 Å². The standard InChI is InChI=1S/C23H25FN4O3/c1-26-20-4-2-3-5-21(20)28(23(26)30)22(29)25-17-10-18-13-31-14-19(11-17)27(18)12-15-6-8-16(24)9-7-15/h2-9,17-19H,10-14H2,1H3,(H,25,29)/t17?,18-,19+. The zero-order valence-corrected chi connectivity index (χ0v) is 17.3. The Morgan fingerprint density at radius 1 is 1.06 bits per heavy atom. The number of benzene rings is 2. The van der Waals surface area contributed by atoms with E-state index in [1.807, 2.05) is 30.3 Å². The fraction of sp³-hybridized carbons (Fsp3) is 0.391. The molecule has 3 heterocycles. The largest absolute Gasteiger partial charge is 0.378 e. The van der Waals surface area contributed by atoms with Gasteiger partial charge < -0.3 is 10.1 Å². The number of imidazole rings is 1. The van der Waals surface area contributed by atoms with Crippen molar-refractivity contribution in [1.82, 2.24) is 19.4 Å². The van der Waals surface area contributed by atoms with Gasteiger partial charge in [-0.15, -0.1) is 0 Å². The molecule has 7 nitrogen and oxygen atoms in total. The first kappa shape index (κ1) is 20.0. The Labute approximate surface area is 179 Å². The minimum atomic E-state index is -0.391. The summed E-state index contributed by atoms with van der Waals surface area (Å²) in [6.07, 6.45) is 1.48. The van der Waals surface area contributed by atoms with E-state index in [0.717, 1.165) is 30.5 Å². The van der Waals surface area contributed by atoms with Crippen LogP contribution in [0.2, 0.25) is 0 Å². The number of carbonyl (C=O) groups is 1. The van der Waals surface area contributed by atoms with Gasteiger partial charge in [-0.2, -0.15) is 0 Å². The van der Waals surface area contributed by atoms with Crippen molar-refractivity contribution >= 4 is 17.1 Å². The van der Waals surface area contributed by atoms with Crippen LogP contribution in [-0.2, 0) is 18.3 Å². The molecule has 2 aromatic carbocycles. The molecular weight excluding hydrogens is 399 g/mol. The van der Waals surface area contributed by atoms with Crippen LogP contribution in [-0.4, -0.2) is 51.4 Å². The van der Waals surface area contributed by atoms with Crippen molar-refractivity contribution in [1.29, 1.82) is 0 Å². The van der Waals surface area contributed by atoms with Crippen LogP contribution in [0.5, 0.6) is 0 Å². The highest BCUT2D eigenvalue weighted by atomic mass is 19.1. The summed E-state index contributed by atoms with van der Waals surface area (Å²) in [5.41, 5.74) is 2.03. The summed E-state index contributed by atoms with van der Waals surface area (Å²) in [6.45, 7) is 1.92. The van der Waals surface area contributed by atoms with Gasteiger partial charge in [0.25, 0.3) is 0 Å². The number of morpholine rings is 1. The molecular formula is C23H25FN4O3. The van der Waals surface area contributed by atoms with Gasteiger partial charge in [-0.25, -0.2) is 18.5 Å². The monoisotopic (exact) mass is 424 g/mol. The van der Waals surface area contributed by atoms with Crippen LogP contribution in [0.25, 0.3) is 11.0 Å². The van der Waals surface area contributed by atoms with E-state index in [-0.39, 0.29) is 29.6 Å². The Balaban J connectivity index is 1.32. The molecule has 5 rings (SSSR count). The van der Waals surface area contributed by atoms with Crippen molar-refractivity contribution in [3.8, 4) is 0 Å². The summed E-state index contributed by atoms with van der Waals surface area (Å²) in [6, 6.07) is 13.8. The molecule has 0 spiro atoms. The van der Waals surface area contributed by atoms with Crippen molar-refractivity contribution in [3.05, 3.63) is 70.4 Å². The number of piperidine rings is 1. The third-order valence-corrected chi connectivity index (χ3v) is 6.44. The Morgan fingerprint density at radius 2 is 1.71 bits per heavy atom. The first-order valence-electron chi connectivity index (χ1n) is 10.6. The molecule has 0 radical (unpaired) electrons. The molecule has 2 aliphatic heterocycles. The number of carbonyl (C=O) groups excluding carboxylic acids is 1. The average Bonchev–Trinajstić information content (AvgIpc) is 3.01. The summed E-state index contributed by atoms with van der Waals surface area (Å²) in [7, 11) is 1.67. The molecule has 1 aromatic heterocycles. The van der Waals surface area contributed by atoms with Crippen LogP contribution in [0.4, 0.5) is 9.18 Å². The van der Waals surface area contributed by atoms with Crippen molar-refractivity contribution in [2.45, 2.75) is 37.5 Å². The maximum absolute atomic E-state index is 13.2. The van der Waals surface area contributed by atoms with Gasteiger partial charge in [0.05, 0.1) is 24.2 Å². The lowest BCUT2D eigenvalue weighted by Crippen LogP contribution is -2.60. The number of hydrogen-bond donors (Lipinski definition) is 1. The number of hydrogen-bond acceptors (Lipinski definition) is 4. The van der Waals surface area contributed by atoms with Crippen LogP contribution in [0.1, 0.15) is 18.4 Å². The summed E-state index contributed by atoms with van der Waals surface area (Å²) in [5.74, 6) is -0.239. The molecule has 1 amide bonds. The molecule has 2 bridgehead atoms. The molecule has 0 aliphatic carbocycles. The van der Waals surface area contributed by atoms with Gasteiger partial charge in [-0.3, -0.25) is 9.47 Å². The topological polar surface area (TPSA) is 68.5 Å². The molecule has 2 saturated heterocycles. The number of amides is 1. The number of nitrogens with zero attached hydrogens (tertiary/aromatic N) is 3. The number of fused-ring (bicyclic) bond motifs is 3.